The van der Waals surface area contributed by atoms with Crippen molar-refractivity contribution in [2.24, 2.45) is 5.41 Å². The zero-order valence-corrected chi connectivity index (χ0v) is 23.3. The van der Waals surface area contributed by atoms with Gasteiger partial charge in [-0.2, -0.15) is 0 Å². The normalized spacial score (nSPS) is 21.7. The third kappa shape index (κ3) is 4.57. The standard InChI is InChI=1S/C34H43N3O2/c38-33(39)26-12-13-27-30(24-26)37-23-22-36(21-20-35-18-16-34(17-19-35)14-6-7-15-34)29-11-5-4-10-28(29)32(37)31(27)25-8-2-1-3-9-25/h4-5,10-13,24-25H,1-3,6-9,14-23H2,(H,38,39). The number of rotatable bonds is 5. The van der Waals surface area contributed by atoms with Gasteiger partial charge in [0.2, 0.25) is 0 Å². The van der Waals surface area contributed by atoms with Crippen molar-refractivity contribution in [2.75, 3.05) is 37.6 Å². The highest BCUT2D eigenvalue weighted by Gasteiger charge is 2.37. The lowest BCUT2D eigenvalue weighted by molar-refractivity contribution is 0.0697. The summed E-state index contributed by atoms with van der Waals surface area (Å²) in [4.78, 5) is 17.3. The number of carbonyl (C=O) groups is 1. The highest BCUT2D eigenvalue weighted by molar-refractivity contribution is 5.99. The first-order chi connectivity index (χ1) is 19.1. The van der Waals surface area contributed by atoms with E-state index in [-0.39, 0.29) is 0 Å². The summed E-state index contributed by atoms with van der Waals surface area (Å²) in [5.41, 5.74) is 7.64. The second-order valence-electron chi connectivity index (χ2n) is 12.8. The Hall–Kier alpha value is -2.79. The maximum atomic E-state index is 11.9. The molecule has 2 aromatic carbocycles. The Bertz CT molecular complexity index is 1350. The van der Waals surface area contributed by atoms with E-state index in [1.54, 1.807) is 0 Å². The molecule has 1 N–H and O–H groups in total. The number of anilines is 1. The maximum Gasteiger partial charge on any atom is 0.335 e. The zero-order valence-electron chi connectivity index (χ0n) is 23.3. The smallest absolute Gasteiger partial charge is 0.335 e. The van der Waals surface area contributed by atoms with E-state index in [1.807, 2.05) is 12.1 Å². The monoisotopic (exact) mass is 525 g/mol. The topological polar surface area (TPSA) is 48.7 Å². The van der Waals surface area contributed by atoms with Gasteiger partial charge >= 0.3 is 5.97 Å². The lowest BCUT2D eigenvalue weighted by Gasteiger charge is -2.40. The molecular weight excluding hydrogens is 482 g/mol. The third-order valence-corrected chi connectivity index (χ3v) is 10.7. The first kappa shape index (κ1) is 25.2. The summed E-state index contributed by atoms with van der Waals surface area (Å²) in [5.74, 6) is -0.299. The van der Waals surface area contributed by atoms with Gasteiger partial charge in [0, 0.05) is 48.3 Å². The molecule has 5 nitrogen and oxygen atoms in total. The molecule has 2 aliphatic heterocycles. The van der Waals surface area contributed by atoms with Crippen LogP contribution in [-0.2, 0) is 6.54 Å². The van der Waals surface area contributed by atoms with Gasteiger partial charge in [-0.15, -0.1) is 0 Å². The zero-order chi connectivity index (χ0) is 26.4. The number of para-hydroxylation sites is 1. The highest BCUT2D eigenvalue weighted by Crippen LogP contribution is 2.48. The Balaban J connectivity index is 1.22. The average Bonchev–Trinajstić information content (AvgIpc) is 3.52. The first-order valence-corrected chi connectivity index (χ1v) is 15.6. The molecule has 1 aromatic heterocycles. The molecule has 1 spiro atoms. The molecule has 3 fully saturated rings. The lowest BCUT2D eigenvalue weighted by Crippen LogP contribution is -2.43. The van der Waals surface area contributed by atoms with Crippen molar-refractivity contribution in [3.63, 3.8) is 0 Å². The molecule has 1 saturated heterocycles. The predicted molar refractivity (Wildman–Crippen MR) is 159 cm³/mol. The van der Waals surface area contributed by atoms with Crippen molar-refractivity contribution in [1.29, 1.82) is 0 Å². The van der Waals surface area contributed by atoms with E-state index in [0.717, 1.165) is 31.7 Å². The third-order valence-electron chi connectivity index (χ3n) is 10.7. The minimum Gasteiger partial charge on any atom is -0.478 e. The number of likely N-dealkylation sites (tertiary alicyclic amines) is 1. The Morgan fingerprint density at radius 1 is 0.846 bits per heavy atom. The first-order valence-electron chi connectivity index (χ1n) is 15.6. The molecule has 5 heteroatoms. The van der Waals surface area contributed by atoms with Crippen LogP contribution in [0.3, 0.4) is 0 Å². The van der Waals surface area contributed by atoms with E-state index in [2.05, 4.69) is 44.7 Å². The Morgan fingerprint density at radius 2 is 1.62 bits per heavy atom. The van der Waals surface area contributed by atoms with Crippen molar-refractivity contribution in [3.8, 4) is 11.3 Å². The SMILES string of the molecule is O=C(O)c1ccc2c(C3CCCCC3)c3n(c2c1)CCN(CCN1CCC2(CCCC2)CC1)c1ccccc1-3. The summed E-state index contributed by atoms with van der Waals surface area (Å²) >= 11 is 0. The molecule has 2 saturated carbocycles. The van der Waals surface area contributed by atoms with Gasteiger partial charge in [0.15, 0.2) is 0 Å². The van der Waals surface area contributed by atoms with E-state index in [9.17, 15) is 9.90 Å². The van der Waals surface area contributed by atoms with Gasteiger partial charge in [0.05, 0.1) is 11.3 Å². The van der Waals surface area contributed by atoms with Crippen molar-refractivity contribution in [1.82, 2.24) is 9.47 Å². The second-order valence-corrected chi connectivity index (χ2v) is 12.8. The molecule has 0 radical (unpaired) electrons. The number of benzene rings is 2. The van der Waals surface area contributed by atoms with Gasteiger partial charge in [-0.3, -0.25) is 0 Å². The Morgan fingerprint density at radius 3 is 2.38 bits per heavy atom. The van der Waals surface area contributed by atoms with Crippen LogP contribution in [0.15, 0.2) is 42.5 Å². The number of carboxylic acids is 1. The van der Waals surface area contributed by atoms with Gasteiger partial charge < -0.3 is 19.5 Å². The number of hydrogen-bond acceptors (Lipinski definition) is 3. The van der Waals surface area contributed by atoms with Crippen molar-refractivity contribution in [3.05, 3.63) is 53.6 Å². The molecule has 2 aliphatic carbocycles. The second kappa shape index (κ2) is 10.3. The average molecular weight is 526 g/mol. The van der Waals surface area contributed by atoms with Gasteiger partial charge in [0.1, 0.15) is 0 Å². The minimum atomic E-state index is -0.844. The van der Waals surface area contributed by atoms with E-state index < -0.39 is 5.97 Å². The molecule has 206 valence electrons. The van der Waals surface area contributed by atoms with Gasteiger partial charge in [-0.1, -0.05) is 56.4 Å². The van der Waals surface area contributed by atoms with Crippen LogP contribution in [0.1, 0.15) is 92.5 Å². The minimum absolute atomic E-state index is 0.387. The molecular formula is C34H43N3O2. The van der Waals surface area contributed by atoms with E-state index in [1.165, 1.54) is 112 Å². The predicted octanol–water partition coefficient (Wildman–Crippen LogP) is 7.53. The van der Waals surface area contributed by atoms with Gasteiger partial charge in [-0.05, 0) is 86.7 Å². The van der Waals surface area contributed by atoms with Crippen LogP contribution in [0.4, 0.5) is 5.69 Å². The number of fused-ring (bicyclic) bond motifs is 5. The molecule has 39 heavy (non-hydrogen) atoms. The molecule has 0 amide bonds. The number of carboxylic acid groups (broad SMARTS) is 1. The van der Waals surface area contributed by atoms with E-state index in [4.69, 9.17) is 0 Å². The van der Waals surface area contributed by atoms with Crippen LogP contribution in [0, 0.1) is 5.41 Å². The van der Waals surface area contributed by atoms with E-state index in [0.29, 0.717) is 16.9 Å². The van der Waals surface area contributed by atoms with Crippen molar-refractivity contribution >= 4 is 22.6 Å². The molecule has 0 atom stereocenters. The quantitative estimate of drug-likeness (QED) is 0.374. The molecule has 0 unspecified atom stereocenters. The number of piperidine rings is 1. The molecule has 0 bridgehead atoms. The number of aromatic carboxylic acids is 1. The fourth-order valence-electron chi connectivity index (χ4n) is 8.50. The van der Waals surface area contributed by atoms with Crippen LogP contribution in [-0.4, -0.2) is 53.3 Å². The Kier molecular flexibility index (Phi) is 6.66. The summed E-state index contributed by atoms with van der Waals surface area (Å²) in [6.07, 6.45) is 14.9. The summed E-state index contributed by atoms with van der Waals surface area (Å²) in [6, 6.07) is 14.8. The van der Waals surface area contributed by atoms with Gasteiger partial charge in [0.25, 0.3) is 0 Å². The number of aromatic nitrogens is 1. The number of hydrogen-bond donors (Lipinski definition) is 1. The van der Waals surface area contributed by atoms with Crippen LogP contribution < -0.4 is 4.90 Å². The van der Waals surface area contributed by atoms with Crippen LogP contribution in [0.5, 0.6) is 0 Å². The van der Waals surface area contributed by atoms with Crippen molar-refractivity contribution < 1.29 is 9.90 Å². The fourth-order valence-corrected chi connectivity index (χ4v) is 8.50. The summed E-state index contributed by atoms with van der Waals surface area (Å²) in [5, 5.41) is 11.1. The van der Waals surface area contributed by atoms with Gasteiger partial charge in [-0.25, -0.2) is 4.79 Å². The van der Waals surface area contributed by atoms with Crippen LogP contribution in [0.25, 0.3) is 22.2 Å². The molecule has 7 rings (SSSR count). The maximum absolute atomic E-state index is 11.9. The van der Waals surface area contributed by atoms with Crippen LogP contribution >= 0.6 is 0 Å². The molecule has 3 aromatic rings. The summed E-state index contributed by atoms with van der Waals surface area (Å²) in [6.45, 7) is 6.52. The lowest BCUT2D eigenvalue weighted by atomic mass is 9.77. The van der Waals surface area contributed by atoms with Crippen molar-refractivity contribution in [2.45, 2.75) is 83.1 Å². The van der Waals surface area contributed by atoms with E-state index >= 15 is 0 Å². The fraction of sp³-hybridized carbons (Fsp3) is 0.559. The largest absolute Gasteiger partial charge is 0.478 e. The number of nitrogens with zero attached hydrogens (tertiary/aromatic N) is 3. The molecule has 3 heterocycles. The highest BCUT2D eigenvalue weighted by atomic mass is 16.4. The summed E-state index contributed by atoms with van der Waals surface area (Å²) < 4.78 is 2.47. The van der Waals surface area contributed by atoms with Crippen LogP contribution in [0.2, 0.25) is 0 Å². The summed E-state index contributed by atoms with van der Waals surface area (Å²) in [7, 11) is 0. The Labute approximate surface area is 232 Å². The molecule has 4 aliphatic rings.